The monoisotopic (exact) mass is 382 g/mol. The van der Waals surface area contributed by atoms with Gasteiger partial charge in [-0.15, -0.1) is 0 Å². The van der Waals surface area contributed by atoms with Gasteiger partial charge in [0, 0.05) is 23.8 Å². The summed E-state index contributed by atoms with van der Waals surface area (Å²) in [4.78, 5) is 24.1. The summed E-state index contributed by atoms with van der Waals surface area (Å²) in [6, 6.07) is 0. The van der Waals surface area contributed by atoms with E-state index in [0.717, 1.165) is 24.2 Å². The highest BCUT2D eigenvalue weighted by atomic mass is 16.5. The number of Topliss-reactive ketones (excluding diaryl/α,β-unsaturated/α-hetero) is 1. The van der Waals surface area contributed by atoms with Crippen molar-refractivity contribution in [3.63, 3.8) is 0 Å². The molecule has 0 unspecified atom stereocenters. The van der Waals surface area contributed by atoms with Gasteiger partial charge in [-0.3, -0.25) is 9.59 Å². The predicted octanol–water partition coefficient (Wildman–Crippen LogP) is 4.68. The van der Waals surface area contributed by atoms with E-state index in [1.807, 2.05) is 24.3 Å². The average Bonchev–Trinajstić information content (AvgIpc) is 2.64. The van der Waals surface area contributed by atoms with Gasteiger partial charge in [-0.2, -0.15) is 0 Å². The highest BCUT2D eigenvalue weighted by Gasteiger charge is 2.55. The van der Waals surface area contributed by atoms with E-state index in [-0.39, 0.29) is 28.8 Å². The molecule has 4 heteroatoms. The highest BCUT2D eigenvalue weighted by Crippen LogP contribution is 2.58. The lowest BCUT2D eigenvalue weighted by molar-refractivity contribution is -0.146. The summed E-state index contributed by atoms with van der Waals surface area (Å²) < 4.78 is 11.6. The van der Waals surface area contributed by atoms with Crippen molar-refractivity contribution >= 4 is 11.8 Å². The lowest BCUT2D eigenvalue weighted by Crippen LogP contribution is -2.53. The molecule has 0 saturated heterocycles. The van der Waals surface area contributed by atoms with Crippen molar-refractivity contribution in [1.29, 1.82) is 0 Å². The van der Waals surface area contributed by atoms with Crippen LogP contribution >= 0.6 is 0 Å². The Labute approximate surface area is 167 Å². The molecule has 150 valence electrons. The van der Waals surface area contributed by atoms with Crippen molar-refractivity contribution in [3.05, 3.63) is 47.3 Å². The van der Waals surface area contributed by atoms with Gasteiger partial charge in [-0.1, -0.05) is 44.6 Å². The summed E-state index contributed by atoms with van der Waals surface area (Å²) in [6.45, 7) is 9.33. The third-order valence-electron chi connectivity index (χ3n) is 7.56. The predicted molar refractivity (Wildman–Crippen MR) is 107 cm³/mol. The zero-order chi connectivity index (χ0) is 20.1. The van der Waals surface area contributed by atoms with Crippen molar-refractivity contribution in [1.82, 2.24) is 0 Å². The summed E-state index contributed by atoms with van der Waals surface area (Å²) >= 11 is 0. The molecule has 0 aromatic heterocycles. The van der Waals surface area contributed by atoms with Crippen molar-refractivity contribution < 1.29 is 19.1 Å². The number of rotatable bonds is 3. The second-order valence-electron chi connectivity index (χ2n) is 9.47. The number of allylic oxidation sites excluding steroid dienone is 2. The lowest BCUT2D eigenvalue weighted by atomic mass is 9.48. The molecule has 3 aliphatic carbocycles. The standard InChI is InChI=1S/C24H30O4/c1-15-5-9-20-23(2,3)21(25)11-12-24(20,4)18(15)14-27-17-8-6-16-7-10-22(26)28-19(16)13-17/h5-8,13,18-20H,9-12,14H2,1-4H3/t18-,19-,20+,24+/m1/s1. The molecule has 0 amide bonds. The zero-order valence-electron chi connectivity index (χ0n) is 17.3. The van der Waals surface area contributed by atoms with Gasteiger partial charge in [0.2, 0.25) is 0 Å². The van der Waals surface area contributed by atoms with Crippen molar-refractivity contribution in [3.8, 4) is 0 Å². The van der Waals surface area contributed by atoms with Gasteiger partial charge in [-0.05, 0) is 42.7 Å². The number of hydrogen-bond acceptors (Lipinski definition) is 4. The summed E-state index contributed by atoms with van der Waals surface area (Å²) in [5, 5.41) is 0. The third kappa shape index (κ3) is 3.07. The Hall–Kier alpha value is -2.10. The minimum Gasteiger partial charge on any atom is -0.493 e. The van der Waals surface area contributed by atoms with Crippen LogP contribution in [-0.4, -0.2) is 24.5 Å². The van der Waals surface area contributed by atoms with Gasteiger partial charge >= 0.3 is 5.97 Å². The van der Waals surface area contributed by atoms with Crippen LogP contribution < -0.4 is 0 Å². The molecule has 1 aliphatic heterocycles. The fraction of sp³-hybridized carbons (Fsp3) is 0.583. The topological polar surface area (TPSA) is 52.6 Å². The van der Waals surface area contributed by atoms with Gasteiger partial charge in [-0.25, -0.2) is 0 Å². The molecule has 1 heterocycles. The van der Waals surface area contributed by atoms with E-state index in [4.69, 9.17) is 9.47 Å². The molecule has 4 nitrogen and oxygen atoms in total. The number of esters is 1. The minimum absolute atomic E-state index is 0.0531. The normalized spacial score (nSPS) is 36.4. The Kier molecular flexibility index (Phi) is 4.64. The van der Waals surface area contributed by atoms with Crippen molar-refractivity contribution in [2.45, 2.75) is 59.5 Å². The quantitative estimate of drug-likeness (QED) is 0.525. The molecule has 1 fully saturated rings. The van der Waals surface area contributed by atoms with Crippen LogP contribution in [0.4, 0.5) is 0 Å². The van der Waals surface area contributed by atoms with Crippen LogP contribution in [0.1, 0.15) is 53.4 Å². The van der Waals surface area contributed by atoms with E-state index in [2.05, 4.69) is 33.8 Å². The number of ether oxygens (including phenoxy) is 2. The van der Waals surface area contributed by atoms with Crippen LogP contribution in [0.25, 0.3) is 0 Å². The third-order valence-corrected chi connectivity index (χ3v) is 7.56. The Balaban J connectivity index is 1.52. The fourth-order valence-electron chi connectivity index (χ4n) is 5.69. The number of carbonyl (C=O) groups is 2. The van der Waals surface area contributed by atoms with E-state index in [0.29, 0.717) is 31.1 Å². The van der Waals surface area contributed by atoms with Gasteiger partial charge in [0.05, 0.1) is 13.0 Å². The zero-order valence-corrected chi connectivity index (χ0v) is 17.3. The van der Waals surface area contributed by atoms with Crippen LogP contribution in [-0.2, 0) is 19.1 Å². The van der Waals surface area contributed by atoms with Crippen LogP contribution in [0, 0.1) is 22.7 Å². The number of ketones is 1. The maximum atomic E-state index is 12.5. The lowest BCUT2D eigenvalue weighted by Gasteiger charge is -2.55. The average molecular weight is 383 g/mol. The Morgan fingerprint density at radius 2 is 1.96 bits per heavy atom. The van der Waals surface area contributed by atoms with E-state index in [9.17, 15) is 9.59 Å². The first-order valence-electron chi connectivity index (χ1n) is 10.3. The maximum Gasteiger partial charge on any atom is 0.310 e. The number of hydrogen-bond donors (Lipinski definition) is 0. The summed E-state index contributed by atoms with van der Waals surface area (Å²) in [7, 11) is 0. The van der Waals surface area contributed by atoms with Crippen molar-refractivity contribution in [2.24, 2.45) is 22.7 Å². The Bertz CT molecular complexity index is 826. The molecule has 0 N–H and O–H groups in total. The first kappa shape index (κ1) is 19.2. The molecule has 4 atom stereocenters. The van der Waals surface area contributed by atoms with E-state index in [1.54, 1.807) is 0 Å². The number of carbonyl (C=O) groups excluding carboxylic acids is 2. The smallest absolute Gasteiger partial charge is 0.310 e. The molecular formula is C24H30O4. The maximum absolute atomic E-state index is 12.5. The van der Waals surface area contributed by atoms with E-state index >= 15 is 0 Å². The fourth-order valence-corrected chi connectivity index (χ4v) is 5.69. The minimum atomic E-state index is -0.334. The number of fused-ring (bicyclic) bond motifs is 2. The SMILES string of the molecule is CC1=CC[C@H]2C(C)(C)C(=O)CC[C@@]2(C)[C@@H]1COC1=C[C@H]2OC(=O)CC=C2C=C1. The van der Waals surface area contributed by atoms with Crippen molar-refractivity contribution in [2.75, 3.05) is 6.61 Å². The second-order valence-corrected chi connectivity index (χ2v) is 9.47. The van der Waals surface area contributed by atoms with Gasteiger partial charge in [0.1, 0.15) is 17.6 Å². The summed E-state index contributed by atoms with van der Waals surface area (Å²) in [6.07, 6.45) is 12.6. The van der Waals surface area contributed by atoms with Crippen LogP contribution in [0.15, 0.2) is 47.3 Å². The second kappa shape index (κ2) is 6.75. The van der Waals surface area contributed by atoms with Gasteiger partial charge in [0.25, 0.3) is 0 Å². The first-order chi connectivity index (χ1) is 13.2. The molecule has 0 aromatic rings. The Morgan fingerprint density at radius 1 is 1.18 bits per heavy atom. The largest absolute Gasteiger partial charge is 0.493 e. The first-order valence-corrected chi connectivity index (χ1v) is 10.3. The molecule has 0 spiro atoms. The molecule has 0 radical (unpaired) electrons. The summed E-state index contributed by atoms with van der Waals surface area (Å²) in [5.74, 6) is 1.55. The molecule has 4 rings (SSSR count). The molecule has 1 saturated carbocycles. The van der Waals surface area contributed by atoms with Crippen LogP contribution in [0.5, 0.6) is 0 Å². The Morgan fingerprint density at radius 3 is 2.75 bits per heavy atom. The molecule has 4 aliphatic rings. The molecule has 0 aromatic carbocycles. The van der Waals surface area contributed by atoms with E-state index < -0.39 is 0 Å². The summed E-state index contributed by atoms with van der Waals surface area (Å²) in [5.41, 5.74) is 2.13. The van der Waals surface area contributed by atoms with Gasteiger partial charge < -0.3 is 9.47 Å². The van der Waals surface area contributed by atoms with Crippen LogP contribution in [0.2, 0.25) is 0 Å². The molecule has 28 heavy (non-hydrogen) atoms. The van der Waals surface area contributed by atoms with E-state index in [1.165, 1.54) is 5.57 Å². The van der Waals surface area contributed by atoms with Crippen LogP contribution in [0.3, 0.4) is 0 Å². The molecular weight excluding hydrogens is 352 g/mol. The highest BCUT2D eigenvalue weighted by molar-refractivity contribution is 5.85. The van der Waals surface area contributed by atoms with Gasteiger partial charge in [0.15, 0.2) is 0 Å². The molecule has 0 bridgehead atoms.